The molecule has 0 bridgehead atoms. The maximum atomic E-state index is 12.7. The van der Waals surface area contributed by atoms with Gasteiger partial charge in [-0.05, 0) is 24.6 Å². The Hall–Kier alpha value is -3.09. The molecule has 2 aromatic rings. The molecule has 0 aliphatic carbocycles. The number of nitrogens with zero attached hydrogens (tertiary/aromatic N) is 3. The average Bonchev–Trinajstić information content (AvgIpc) is 3.34. The van der Waals surface area contributed by atoms with Gasteiger partial charge in [-0.1, -0.05) is 18.2 Å². The summed E-state index contributed by atoms with van der Waals surface area (Å²) in [4.78, 5) is 42.8. The van der Waals surface area contributed by atoms with Crippen LogP contribution in [0.2, 0.25) is 0 Å². The van der Waals surface area contributed by atoms with E-state index in [0.717, 1.165) is 5.69 Å². The van der Waals surface area contributed by atoms with Gasteiger partial charge in [-0.3, -0.25) is 14.4 Å². The first-order chi connectivity index (χ1) is 13.0. The van der Waals surface area contributed by atoms with Crippen molar-refractivity contribution < 1.29 is 18.8 Å². The molecule has 2 saturated heterocycles. The molecule has 3 amide bonds. The van der Waals surface area contributed by atoms with Crippen LogP contribution in [0.5, 0.6) is 0 Å². The summed E-state index contributed by atoms with van der Waals surface area (Å²) in [5, 5.41) is 0. The number of benzene rings is 1. The fraction of sp³-hybridized carbons (Fsp3) is 0.350. The molecule has 2 aliphatic rings. The smallest absolute Gasteiger partial charge is 0.257 e. The Morgan fingerprint density at radius 2 is 1.89 bits per heavy atom. The molecule has 7 nitrogen and oxygen atoms in total. The second kappa shape index (κ2) is 6.57. The molecule has 1 aromatic heterocycles. The summed E-state index contributed by atoms with van der Waals surface area (Å²) in [6, 6.07) is 11.1. The fourth-order valence-electron chi connectivity index (χ4n) is 4.09. The van der Waals surface area contributed by atoms with Gasteiger partial charge in [-0.15, -0.1) is 0 Å². The molecule has 1 aromatic carbocycles. The van der Waals surface area contributed by atoms with Crippen molar-refractivity contribution in [3.63, 3.8) is 0 Å². The minimum atomic E-state index is -0.574. The van der Waals surface area contributed by atoms with E-state index in [1.54, 1.807) is 20.8 Å². The molecule has 7 heteroatoms. The Morgan fingerprint density at radius 3 is 2.56 bits per heavy atom. The Kier molecular flexibility index (Phi) is 4.22. The summed E-state index contributed by atoms with van der Waals surface area (Å²) >= 11 is 0. The highest BCUT2D eigenvalue weighted by Crippen LogP contribution is 2.35. The first-order valence-corrected chi connectivity index (χ1v) is 8.95. The number of likely N-dealkylation sites (tertiary alicyclic amines) is 1. The number of carbonyl (C=O) groups is 3. The summed E-state index contributed by atoms with van der Waals surface area (Å²) in [7, 11) is 0. The molecule has 0 radical (unpaired) electrons. The van der Waals surface area contributed by atoms with Gasteiger partial charge in [0.25, 0.3) is 5.91 Å². The molecule has 4 rings (SSSR count). The first kappa shape index (κ1) is 17.3. The molecule has 2 fully saturated rings. The maximum absolute atomic E-state index is 12.7. The number of anilines is 1. The van der Waals surface area contributed by atoms with Crippen LogP contribution in [0.4, 0.5) is 5.69 Å². The number of piperazine rings is 1. The largest absolute Gasteiger partial charge is 0.472 e. The van der Waals surface area contributed by atoms with Gasteiger partial charge in [0.15, 0.2) is 0 Å². The summed E-state index contributed by atoms with van der Waals surface area (Å²) in [5.74, 6) is -0.373. The summed E-state index contributed by atoms with van der Waals surface area (Å²) < 4.78 is 5.02. The van der Waals surface area contributed by atoms with Crippen LogP contribution >= 0.6 is 0 Å². The van der Waals surface area contributed by atoms with Crippen molar-refractivity contribution in [3.8, 4) is 0 Å². The fourth-order valence-corrected chi connectivity index (χ4v) is 4.09. The molecule has 27 heavy (non-hydrogen) atoms. The predicted molar refractivity (Wildman–Crippen MR) is 98.1 cm³/mol. The molecule has 3 heterocycles. The van der Waals surface area contributed by atoms with Crippen molar-refractivity contribution in [1.29, 1.82) is 0 Å². The van der Waals surface area contributed by atoms with E-state index in [9.17, 15) is 14.4 Å². The second-order valence-corrected chi connectivity index (χ2v) is 7.13. The number of carbonyl (C=O) groups excluding carboxylic acids is 3. The van der Waals surface area contributed by atoms with Crippen molar-refractivity contribution in [2.75, 3.05) is 31.1 Å². The van der Waals surface area contributed by atoms with Crippen LogP contribution in [0.3, 0.4) is 0 Å². The normalized spacial score (nSPS) is 22.6. The molecule has 2 aliphatic heterocycles. The number of hydrogen-bond donors (Lipinski definition) is 0. The van der Waals surface area contributed by atoms with Crippen LogP contribution in [0.25, 0.3) is 0 Å². The maximum Gasteiger partial charge on any atom is 0.257 e. The minimum absolute atomic E-state index is 0.0258. The number of rotatable bonds is 2. The SMILES string of the molecule is CC(=O)N1CC(=O)N(c2ccccc2)C[C@@]12CCN(C(=O)c1ccoc1)C2. The van der Waals surface area contributed by atoms with Crippen LogP contribution < -0.4 is 4.90 Å². The number of furan rings is 1. The lowest BCUT2D eigenvalue weighted by Crippen LogP contribution is -2.67. The Morgan fingerprint density at radius 1 is 1.11 bits per heavy atom. The van der Waals surface area contributed by atoms with E-state index >= 15 is 0 Å². The third-order valence-electron chi connectivity index (χ3n) is 5.46. The van der Waals surface area contributed by atoms with Gasteiger partial charge < -0.3 is 19.1 Å². The number of para-hydroxylation sites is 1. The van der Waals surface area contributed by atoms with E-state index in [4.69, 9.17) is 4.42 Å². The zero-order chi connectivity index (χ0) is 19.0. The Bertz CT molecular complexity index is 865. The van der Waals surface area contributed by atoms with Crippen LogP contribution in [-0.2, 0) is 9.59 Å². The lowest BCUT2D eigenvalue weighted by atomic mass is 9.91. The van der Waals surface area contributed by atoms with Crippen LogP contribution in [-0.4, -0.2) is 59.2 Å². The molecule has 140 valence electrons. The summed E-state index contributed by atoms with van der Waals surface area (Å²) in [6.07, 6.45) is 3.53. The number of amides is 3. The number of hydrogen-bond acceptors (Lipinski definition) is 4. The van der Waals surface area contributed by atoms with E-state index in [1.807, 2.05) is 30.3 Å². The van der Waals surface area contributed by atoms with Crippen LogP contribution in [0, 0.1) is 0 Å². The third kappa shape index (κ3) is 2.99. The van der Waals surface area contributed by atoms with E-state index in [2.05, 4.69) is 0 Å². The van der Waals surface area contributed by atoms with E-state index < -0.39 is 5.54 Å². The van der Waals surface area contributed by atoms with Gasteiger partial charge in [-0.2, -0.15) is 0 Å². The highest BCUT2D eigenvalue weighted by atomic mass is 16.3. The second-order valence-electron chi connectivity index (χ2n) is 7.13. The molecular weight excluding hydrogens is 346 g/mol. The standard InChI is InChI=1S/C20H21N3O4/c1-15(24)23-11-18(25)22(17-5-3-2-4-6-17)14-20(23)8-9-21(13-20)19(26)16-7-10-27-12-16/h2-7,10,12H,8-9,11,13-14H2,1H3/t20-/m0/s1. The van der Waals surface area contributed by atoms with Crippen molar-refractivity contribution in [2.24, 2.45) is 0 Å². The Balaban J connectivity index is 1.63. The van der Waals surface area contributed by atoms with Crippen LogP contribution in [0.15, 0.2) is 53.3 Å². The molecule has 0 N–H and O–H groups in total. The minimum Gasteiger partial charge on any atom is -0.472 e. The summed E-state index contributed by atoms with van der Waals surface area (Å²) in [6.45, 7) is 2.81. The first-order valence-electron chi connectivity index (χ1n) is 8.95. The summed E-state index contributed by atoms with van der Waals surface area (Å²) in [5.41, 5.74) is 0.729. The quantitative estimate of drug-likeness (QED) is 0.811. The lowest BCUT2D eigenvalue weighted by Gasteiger charge is -2.48. The lowest BCUT2D eigenvalue weighted by molar-refractivity contribution is -0.142. The van der Waals surface area contributed by atoms with Gasteiger partial charge in [0.05, 0.1) is 23.9 Å². The van der Waals surface area contributed by atoms with Gasteiger partial charge >= 0.3 is 0 Å². The van der Waals surface area contributed by atoms with Gasteiger partial charge in [0, 0.05) is 25.7 Å². The van der Waals surface area contributed by atoms with Crippen LogP contribution in [0.1, 0.15) is 23.7 Å². The van der Waals surface area contributed by atoms with Crippen molar-refractivity contribution in [2.45, 2.75) is 18.9 Å². The van der Waals surface area contributed by atoms with Gasteiger partial charge in [0.1, 0.15) is 12.8 Å². The average molecular weight is 367 g/mol. The molecule has 0 unspecified atom stereocenters. The predicted octanol–water partition coefficient (Wildman–Crippen LogP) is 1.76. The van der Waals surface area contributed by atoms with E-state index in [0.29, 0.717) is 31.6 Å². The monoisotopic (exact) mass is 367 g/mol. The highest BCUT2D eigenvalue weighted by Gasteiger charge is 2.51. The van der Waals surface area contributed by atoms with Gasteiger partial charge in [-0.25, -0.2) is 0 Å². The van der Waals surface area contributed by atoms with Gasteiger partial charge in [0.2, 0.25) is 11.8 Å². The van der Waals surface area contributed by atoms with E-state index in [-0.39, 0.29) is 24.3 Å². The van der Waals surface area contributed by atoms with E-state index in [1.165, 1.54) is 19.5 Å². The topological polar surface area (TPSA) is 74.1 Å². The van der Waals surface area contributed by atoms with Crippen molar-refractivity contribution in [1.82, 2.24) is 9.80 Å². The molecule has 0 saturated carbocycles. The molecule has 1 spiro atoms. The zero-order valence-corrected chi connectivity index (χ0v) is 15.1. The molecular formula is C20H21N3O4. The van der Waals surface area contributed by atoms with Crippen molar-refractivity contribution in [3.05, 3.63) is 54.5 Å². The molecule has 1 atom stereocenters. The van der Waals surface area contributed by atoms with Crippen molar-refractivity contribution >= 4 is 23.4 Å². The third-order valence-corrected chi connectivity index (χ3v) is 5.46. The zero-order valence-electron chi connectivity index (χ0n) is 15.1. The Labute approximate surface area is 157 Å². The highest BCUT2D eigenvalue weighted by molar-refractivity contribution is 5.99.